The molecule has 8 heteroatoms. The molecule has 0 radical (unpaired) electrons. The van der Waals surface area contributed by atoms with Crippen molar-refractivity contribution in [1.29, 1.82) is 0 Å². The molecule has 33 heavy (non-hydrogen) atoms. The van der Waals surface area contributed by atoms with Crippen LogP contribution in [-0.4, -0.2) is 24.9 Å². The highest BCUT2D eigenvalue weighted by Crippen LogP contribution is 2.30. The predicted molar refractivity (Wildman–Crippen MR) is 127 cm³/mol. The molecule has 1 aromatic heterocycles. The molecular formula is C25H28FN3O3S. The highest BCUT2D eigenvalue weighted by Gasteiger charge is 2.20. The Labute approximate surface area is 193 Å². The summed E-state index contributed by atoms with van der Waals surface area (Å²) in [6.07, 6.45) is 5.51. The second-order valence-electron chi connectivity index (χ2n) is 8.80. The maximum atomic E-state index is 14.8. The Kier molecular flexibility index (Phi) is 6.76. The van der Waals surface area contributed by atoms with E-state index in [0.29, 0.717) is 17.5 Å². The van der Waals surface area contributed by atoms with Crippen molar-refractivity contribution < 1.29 is 12.8 Å². The van der Waals surface area contributed by atoms with Crippen LogP contribution in [0.5, 0.6) is 0 Å². The lowest BCUT2D eigenvalue weighted by molar-refractivity contribution is 0.587. The van der Waals surface area contributed by atoms with Gasteiger partial charge in [0.15, 0.2) is 0 Å². The third-order valence-electron chi connectivity index (χ3n) is 6.22. The summed E-state index contributed by atoms with van der Waals surface area (Å²) in [4.78, 5) is 12.1. The van der Waals surface area contributed by atoms with E-state index in [-0.39, 0.29) is 23.8 Å². The molecule has 1 aliphatic rings. The van der Waals surface area contributed by atoms with Crippen LogP contribution in [0.4, 0.5) is 4.39 Å². The number of nitrogens with one attached hydrogen (secondary N) is 2. The molecule has 0 bridgehead atoms. The van der Waals surface area contributed by atoms with Crippen LogP contribution in [0, 0.1) is 5.82 Å². The van der Waals surface area contributed by atoms with E-state index in [9.17, 15) is 17.6 Å². The fourth-order valence-corrected chi connectivity index (χ4v) is 4.87. The first kappa shape index (κ1) is 23.3. The van der Waals surface area contributed by atoms with Crippen LogP contribution in [-0.2, 0) is 35.8 Å². The van der Waals surface area contributed by atoms with Gasteiger partial charge >= 0.3 is 0 Å². The van der Waals surface area contributed by atoms with Crippen LogP contribution >= 0.6 is 0 Å². The van der Waals surface area contributed by atoms with Gasteiger partial charge < -0.3 is 0 Å². The van der Waals surface area contributed by atoms with Gasteiger partial charge in [-0.05, 0) is 78.5 Å². The minimum absolute atomic E-state index is 0.0730. The van der Waals surface area contributed by atoms with Crippen molar-refractivity contribution in [1.82, 2.24) is 14.9 Å². The lowest BCUT2D eigenvalue weighted by atomic mass is 9.87. The van der Waals surface area contributed by atoms with E-state index in [1.54, 1.807) is 24.3 Å². The first-order valence-electron chi connectivity index (χ1n) is 11.1. The van der Waals surface area contributed by atoms with E-state index in [1.165, 1.54) is 6.07 Å². The fourth-order valence-electron chi connectivity index (χ4n) is 4.44. The Balaban J connectivity index is 1.60. The molecule has 6 nitrogen and oxygen atoms in total. The Morgan fingerprint density at radius 3 is 2.64 bits per heavy atom. The predicted octanol–water partition coefficient (Wildman–Crippen LogP) is 3.85. The van der Waals surface area contributed by atoms with E-state index in [2.05, 4.69) is 21.8 Å². The lowest BCUT2D eigenvalue weighted by Crippen LogP contribution is -2.23. The number of nitrogens with zero attached hydrogens (tertiary/aromatic N) is 1. The monoisotopic (exact) mass is 469 g/mol. The van der Waals surface area contributed by atoms with E-state index >= 15 is 0 Å². The molecule has 0 aliphatic heterocycles. The summed E-state index contributed by atoms with van der Waals surface area (Å²) in [5, 5.41) is 6.99. The maximum absolute atomic E-state index is 14.8. The topological polar surface area (TPSA) is 91.9 Å². The molecule has 174 valence electrons. The zero-order valence-corrected chi connectivity index (χ0v) is 19.6. The minimum atomic E-state index is -3.32. The molecule has 4 rings (SSSR count). The first-order valence-corrected chi connectivity index (χ1v) is 13.0. The number of benzene rings is 2. The second kappa shape index (κ2) is 9.57. The standard InChI is InChI=1S/C25H28FN3O3S/c1-16(12-24-20-8-3-4-9-21(20)25(30)29-28-24)18-10-11-23(26)22(14-18)19-7-5-6-17(13-19)15-27-33(2,31)32/h5-7,10-11,13-14,16,27H,3-4,8-9,12,15H2,1-2H3,(H,29,30). The fraction of sp³-hybridized carbons (Fsp3) is 0.360. The number of sulfonamides is 1. The number of aromatic nitrogens is 2. The quantitative estimate of drug-likeness (QED) is 0.550. The van der Waals surface area contributed by atoms with Crippen LogP contribution in [0.1, 0.15) is 53.6 Å². The van der Waals surface area contributed by atoms with Crippen molar-refractivity contribution in [3.8, 4) is 11.1 Å². The maximum Gasteiger partial charge on any atom is 0.267 e. The third kappa shape index (κ3) is 5.57. The van der Waals surface area contributed by atoms with Gasteiger partial charge in [0.05, 0.1) is 11.9 Å². The second-order valence-corrected chi connectivity index (χ2v) is 10.6. The van der Waals surface area contributed by atoms with E-state index in [4.69, 9.17) is 0 Å². The minimum Gasteiger partial charge on any atom is -0.268 e. The van der Waals surface area contributed by atoms with Crippen molar-refractivity contribution in [2.75, 3.05) is 6.26 Å². The number of hydrogen-bond donors (Lipinski definition) is 2. The Morgan fingerprint density at radius 1 is 1.12 bits per heavy atom. The molecular weight excluding hydrogens is 441 g/mol. The largest absolute Gasteiger partial charge is 0.268 e. The number of H-pyrrole nitrogens is 1. The summed E-state index contributed by atoms with van der Waals surface area (Å²) in [6, 6.07) is 12.3. The molecule has 0 fully saturated rings. The number of halogens is 1. The molecule has 0 amide bonds. The Morgan fingerprint density at radius 2 is 1.88 bits per heavy atom. The van der Waals surface area contributed by atoms with Gasteiger partial charge in [0, 0.05) is 17.7 Å². The van der Waals surface area contributed by atoms with E-state index in [1.807, 2.05) is 12.1 Å². The number of rotatable bonds is 7. The van der Waals surface area contributed by atoms with Gasteiger partial charge in [0.2, 0.25) is 10.0 Å². The molecule has 0 saturated carbocycles. The summed E-state index contributed by atoms with van der Waals surface area (Å²) >= 11 is 0. The highest BCUT2D eigenvalue weighted by molar-refractivity contribution is 7.88. The van der Waals surface area contributed by atoms with Gasteiger partial charge in [-0.25, -0.2) is 22.6 Å². The third-order valence-corrected chi connectivity index (χ3v) is 6.89. The molecule has 2 N–H and O–H groups in total. The Bertz CT molecular complexity index is 1330. The van der Waals surface area contributed by atoms with Crippen molar-refractivity contribution >= 4 is 10.0 Å². The molecule has 2 aromatic carbocycles. The van der Waals surface area contributed by atoms with Crippen molar-refractivity contribution in [2.45, 2.75) is 51.5 Å². The normalized spacial score (nSPS) is 14.6. The zero-order chi connectivity index (χ0) is 23.6. The molecule has 1 aliphatic carbocycles. The summed E-state index contributed by atoms with van der Waals surface area (Å²) in [5.41, 5.74) is 5.64. The van der Waals surface area contributed by atoms with E-state index in [0.717, 1.165) is 59.9 Å². The van der Waals surface area contributed by atoms with Gasteiger partial charge in [-0.3, -0.25) is 4.79 Å². The van der Waals surface area contributed by atoms with Crippen LogP contribution < -0.4 is 10.3 Å². The van der Waals surface area contributed by atoms with Crippen LogP contribution in [0.3, 0.4) is 0 Å². The number of aromatic amines is 1. The van der Waals surface area contributed by atoms with E-state index < -0.39 is 10.0 Å². The molecule has 0 saturated heterocycles. The van der Waals surface area contributed by atoms with Crippen LogP contribution in [0.15, 0.2) is 47.3 Å². The van der Waals surface area contributed by atoms with Crippen molar-refractivity contribution in [2.24, 2.45) is 0 Å². The van der Waals surface area contributed by atoms with Gasteiger partial charge in [0.25, 0.3) is 5.56 Å². The van der Waals surface area contributed by atoms with Crippen molar-refractivity contribution in [3.63, 3.8) is 0 Å². The highest BCUT2D eigenvalue weighted by atomic mass is 32.2. The number of hydrogen-bond acceptors (Lipinski definition) is 4. The first-order chi connectivity index (χ1) is 15.7. The molecule has 1 atom stereocenters. The summed E-state index contributed by atoms with van der Waals surface area (Å²) < 4.78 is 40.0. The summed E-state index contributed by atoms with van der Waals surface area (Å²) in [5.74, 6) is -0.262. The Hall–Kier alpha value is -2.84. The summed E-state index contributed by atoms with van der Waals surface area (Å²) in [7, 11) is -3.32. The molecule has 1 unspecified atom stereocenters. The van der Waals surface area contributed by atoms with Gasteiger partial charge in [-0.2, -0.15) is 5.10 Å². The molecule has 3 aromatic rings. The van der Waals surface area contributed by atoms with Crippen LogP contribution in [0.25, 0.3) is 11.1 Å². The summed E-state index contributed by atoms with van der Waals surface area (Å²) in [6.45, 7) is 2.22. The molecule has 0 spiro atoms. The zero-order valence-electron chi connectivity index (χ0n) is 18.8. The van der Waals surface area contributed by atoms with Gasteiger partial charge in [-0.1, -0.05) is 31.2 Å². The van der Waals surface area contributed by atoms with Gasteiger partial charge in [0.1, 0.15) is 5.82 Å². The lowest BCUT2D eigenvalue weighted by Gasteiger charge is -2.20. The molecule has 1 heterocycles. The SMILES string of the molecule is CC(Cc1n[nH]c(=O)c2c1CCCC2)c1ccc(F)c(-c2cccc(CNS(C)(=O)=O)c2)c1. The van der Waals surface area contributed by atoms with Crippen molar-refractivity contribution in [3.05, 3.63) is 86.6 Å². The van der Waals surface area contributed by atoms with Gasteiger partial charge in [-0.15, -0.1) is 0 Å². The average molecular weight is 470 g/mol. The smallest absolute Gasteiger partial charge is 0.267 e. The average Bonchev–Trinajstić information content (AvgIpc) is 2.80. The number of fused-ring (bicyclic) bond motifs is 1. The van der Waals surface area contributed by atoms with Crippen LogP contribution in [0.2, 0.25) is 0 Å².